The van der Waals surface area contributed by atoms with E-state index in [1.54, 1.807) is 4.90 Å². The molecule has 1 aliphatic rings. The first kappa shape index (κ1) is 17.9. The molecule has 4 nitrogen and oxygen atoms in total. The largest absolute Gasteiger partial charge is 0.396 e. The number of fused-ring (bicyclic) bond motifs is 1. The number of hydrogen-bond donors (Lipinski definition) is 1. The van der Waals surface area contributed by atoms with Crippen LogP contribution in [0.25, 0.3) is 0 Å². The first-order valence-electron chi connectivity index (χ1n) is 8.57. The molecule has 1 aliphatic heterocycles. The maximum absolute atomic E-state index is 13.0. The molecular weight excluding hydrogens is 338 g/mol. The summed E-state index contributed by atoms with van der Waals surface area (Å²) >= 11 is 6.06. The monoisotopic (exact) mass is 359 g/mol. The van der Waals surface area contributed by atoms with E-state index >= 15 is 0 Å². The fraction of sp³-hybridized carbons (Fsp3) is 0.350. The highest BCUT2D eigenvalue weighted by Gasteiger charge is 2.51. The Morgan fingerprint density at radius 3 is 2.56 bits per heavy atom. The molecule has 0 aromatic heterocycles. The number of aliphatic hydroxyl groups is 1. The fourth-order valence-electron chi connectivity index (χ4n) is 3.39. The Bertz CT molecular complexity index is 747. The van der Waals surface area contributed by atoms with Gasteiger partial charge in [-0.3, -0.25) is 4.79 Å². The number of ether oxygens (including phenoxy) is 1. The highest BCUT2D eigenvalue weighted by atomic mass is 35.5. The van der Waals surface area contributed by atoms with E-state index in [1.165, 1.54) is 0 Å². The molecule has 2 aromatic carbocycles. The third kappa shape index (κ3) is 3.06. The molecule has 0 fully saturated rings. The number of hydrogen-bond acceptors (Lipinski definition) is 3. The van der Waals surface area contributed by atoms with Gasteiger partial charge in [-0.1, -0.05) is 48.9 Å². The van der Waals surface area contributed by atoms with E-state index in [0.29, 0.717) is 30.2 Å². The van der Waals surface area contributed by atoms with Gasteiger partial charge in [0.1, 0.15) is 0 Å². The Balaban J connectivity index is 2.18. The molecule has 1 unspecified atom stereocenters. The van der Waals surface area contributed by atoms with Crippen LogP contribution >= 0.6 is 11.6 Å². The molecule has 0 saturated carbocycles. The van der Waals surface area contributed by atoms with Crippen LogP contribution in [0.4, 0.5) is 0 Å². The Labute approximate surface area is 153 Å². The highest BCUT2D eigenvalue weighted by molar-refractivity contribution is 6.30. The Morgan fingerprint density at radius 1 is 1.16 bits per heavy atom. The van der Waals surface area contributed by atoms with Gasteiger partial charge in [-0.2, -0.15) is 0 Å². The summed E-state index contributed by atoms with van der Waals surface area (Å²) in [6, 6.07) is 15.0. The van der Waals surface area contributed by atoms with E-state index in [-0.39, 0.29) is 12.5 Å². The average molecular weight is 360 g/mol. The van der Waals surface area contributed by atoms with E-state index in [2.05, 4.69) is 0 Å². The molecule has 3 rings (SSSR count). The van der Waals surface area contributed by atoms with Crippen LogP contribution in [0.1, 0.15) is 41.3 Å². The Kier molecular flexibility index (Phi) is 5.42. The predicted molar refractivity (Wildman–Crippen MR) is 97.7 cm³/mol. The summed E-state index contributed by atoms with van der Waals surface area (Å²) in [5, 5.41) is 9.80. The van der Waals surface area contributed by atoms with E-state index in [1.807, 2.05) is 55.5 Å². The third-order valence-corrected chi connectivity index (χ3v) is 4.70. The van der Waals surface area contributed by atoms with Crippen molar-refractivity contribution in [1.82, 2.24) is 4.90 Å². The summed E-state index contributed by atoms with van der Waals surface area (Å²) in [4.78, 5) is 14.8. The lowest BCUT2D eigenvalue weighted by Gasteiger charge is -2.39. The summed E-state index contributed by atoms with van der Waals surface area (Å²) in [7, 11) is 0. The predicted octanol–water partition coefficient (Wildman–Crippen LogP) is 3.81. The summed E-state index contributed by atoms with van der Waals surface area (Å²) < 4.78 is 6.32. The molecule has 1 atom stereocenters. The number of rotatable bonds is 7. The third-order valence-electron chi connectivity index (χ3n) is 4.44. The SMILES string of the molecule is CCCN1C(=O)c2ccccc2C1(OCCCO)c1ccc(Cl)cc1. The number of nitrogens with zero attached hydrogens (tertiary/aromatic N) is 1. The minimum atomic E-state index is -0.983. The molecule has 1 heterocycles. The van der Waals surface area contributed by atoms with Gasteiger partial charge in [0, 0.05) is 34.9 Å². The van der Waals surface area contributed by atoms with Gasteiger partial charge >= 0.3 is 0 Å². The second kappa shape index (κ2) is 7.56. The van der Waals surface area contributed by atoms with Gasteiger partial charge in [-0.05, 0) is 31.0 Å². The van der Waals surface area contributed by atoms with Crippen molar-refractivity contribution in [2.24, 2.45) is 0 Å². The van der Waals surface area contributed by atoms with E-state index in [9.17, 15) is 4.79 Å². The number of carbonyl (C=O) groups excluding carboxylic acids is 1. The molecule has 0 radical (unpaired) electrons. The molecule has 2 aromatic rings. The van der Waals surface area contributed by atoms with Crippen molar-refractivity contribution >= 4 is 17.5 Å². The molecule has 0 bridgehead atoms. The van der Waals surface area contributed by atoms with Crippen molar-refractivity contribution in [2.45, 2.75) is 25.5 Å². The topological polar surface area (TPSA) is 49.8 Å². The van der Waals surface area contributed by atoms with Crippen molar-refractivity contribution in [3.8, 4) is 0 Å². The van der Waals surface area contributed by atoms with E-state index < -0.39 is 5.72 Å². The lowest BCUT2D eigenvalue weighted by Crippen LogP contribution is -2.47. The molecule has 25 heavy (non-hydrogen) atoms. The number of carbonyl (C=O) groups is 1. The normalized spacial score (nSPS) is 19.3. The molecule has 0 spiro atoms. The van der Waals surface area contributed by atoms with Gasteiger partial charge in [-0.25, -0.2) is 0 Å². The lowest BCUT2D eigenvalue weighted by atomic mass is 9.93. The first-order chi connectivity index (χ1) is 12.1. The maximum Gasteiger partial charge on any atom is 0.257 e. The van der Waals surface area contributed by atoms with E-state index in [0.717, 1.165) is 17.5 Å². The number of halogens is 1. The standard InChI is InChI=1S/C20H22ClNO3/c1-2-12-22-19(24)17-6-3-4-7-18(17)20(22,25-14-5-13-23)15-8-10-16(21)11-9-15/h3-4,6-11,23H,2,5,12-14H2,1H3. The minimum Gasteiger partial charge on any atom is -0.396 e. The second-order valence-electron chi connectivity index (χ2n) is 6.08. The second-order valence-corrected chi connectivity index (χ2v) is 6.52. The summed E-state index contributed by atoms with van der Waals surface area (Å²) in [6.07, 6.45) is 1.32. The van der Waals surface area contributed by atoms with Crippen LogP contribution in [0.3, 0.4) is 0 Å². The van der Waals surface area contributed by atoms with Gasteiger partial charge in [-0.15, -0.1) is 0 Å². The Hall–Kier alpha value is -1.88. The van der Waals surface area contributed by atoms with Crippen molar-refractivity contribution in [1.29, 1.82) is 0 Å². The number of aliphatic hydroxyl groups excluding tert-OH is 1. The smallest absolute Gasteiger partial charge is 0.257 e. The molecule has 5 heteroatoms. The van der Waals surface area contributed by atoms with Gasteiger partial charge in [0.25, 0.3) is 5.91 Å². The number of benzene rings is 2. The zero-order chi connectivity index (χ0) is 17.9. The lowest BCUT2D eigenvalue weighted by molar-refractivity contribution is -0.110. The maximum atomic E-state index is 13.0. The zero-order valence-electron chi connectivity index (χ0n) is 14.2. The first-order valence-corrected chi connectivity index (χ1v) is 8.95. The highest BCUT2D eigenvalue weighted by Crippen LogP contribution is 2.45. The van der Waals surface area contributed by atoms with Crippen molar-refractivity contribution in [3.63, 3.8) is 0 Å². The molecule has 0 saturated heterocycles. The van der Waals surface area contributed by atoms with Gasteiger partial charge in [0.05, 0.1) is 6.61 Å². The van der Waals surface area contributed by atoms with Crippen LogP contribution in [-0.2, 0) is 10.5 Å². The average Bonchev–Trinajstić information content (AvgIpc) is 2.87. The van der Waals surface area contributed by atoms with Crippen LogP contribution in [0.15, 0.2) is 48.5 Å². The Morgan fingerprint density at radius 2 is 1.88 bits per heavy atom. The van der Waals surface area contributed by atoms with Crippen LogP contribution in [-0.4, -0.2) is 35.7 Å². The molecule has 132 valence electrons. The van der Waals surface area contributed by atoms with Crippen molar-refractivity contribution < 1.29 is 14.6 Å². The summed E-state index contributed by atoms with van der Waals surface area (Å²) in [5.74, 6) is -0.0311. The molecule has 0 aliphatic carbocycles. The fourth-order valence-corrected chi connectivity index (χ4v) is 3.52. The van der Waals surface area contributed by atoms with Crippen LogP contribution in [0.5, 0.6) is 0 Å². The van der Waals surface area contributed by atoms with Crippen LogP contribution in [0, 0.1) is 0 Å². The summed E-state index contributed by atoms with van der Waals surface area (Å²) in [5.41, 5.74) is 1.38. The van der Waals surface area contributed by atoms with Gasteiger partial charge < -0.3 is 14.7 Å². The number of amides is 1. The van der Waals surface area contributed by atoms with Gasteiger partial charge in [0.2, 0.25) is 0 Å². The van der Waals surface area contributed by atoms with E-state index in [4.69, 9.17) is 21.4 Å². The minimum absolute atomic E-state index is 0.0311. The zero-order valence-corrected chi connectivity index (χ0v) is 15.0. The molecule has 1 N–H and O–H groups in total. The molecular formula is C20H22ClNO3. The molecule has 1 amide bonds. The van der Waals surface area contributed by atoms with Gasteiger partial charge in [0.15, 0.2) is 5.72 Å². The van der Waals surface area contributed by atoms with Crippen molar-refractivity contribution in [2.75, 3.05) is 19.8 Å². The van der Waals surface area contributed by atoms with Crippen LogP contribution < -0.4 is 0 Å². The van der Waals surface area contributed by atoms with Crippen LogP contribution in [0.2, 0.25) is 5.02 Å². The summed E-state index contributed by atoms with van der Waals surface area (Å²) in [6.45, 7) is 3.01. The van der Waals surface area contributed by atoms with Crippen molar-refractivity contribution in [3.05, 3.63) is 70.2 Å². The quantitative estimate of drug-likeness (QED) is 0.765.